The van der Waals surface area contributed by atoms with E-state index >= 15 is 0 Å². The normalized spacial score (nSPS) is 10.5. The number of anilines is 2. The van der Waals surface area contributed by atoms with Crippen molar-refractivity contribution in [1.29, 1.82) is 0 Å². The molecule has 0 aliphatic heterocycles. The van der Waals surface area contributed by atoms with Gasteiger partial charge < -0.3 is 20.7 Å². The van der Waals surface area contributed by atoms with E-state index in [0.717, 1.165) is 0 Å². The number of nitrogens with one attached hydrogen (secondary N) is 1. The van der Waals surface area contributed by atoms with Gasteiger partial charge in [-0.15, -0.1) is 0 Å². The smallest absolute Gasteiger partial charge is 0.305 e. The van der Waals surface area contributed by atoms with Crippen LogP contribution in [0, 0.1) is 0 Å². The van der Waals surface area contributed by atoms with Gasteiger partial charge in [-0.2, -0.15) is 0 Å². The molecule has 17 heavy (non-hydrogen) atoms. The molecule has 0 atom stereocenters. The van der Waals surface area contributed by atoms with Gasteiger partial charge in [-0.1, -0.05) is 0 Å². The Morgan fingerprint density at radius 3 is 2.82 bits per heavy atom. The van der Waals surface area contributed by atoms with Crippen molar-refractivity contribution in [3.05, 3.63) is 16.7 Å². The maximum Gasteiger partial charge on any atom is 0.305 e. The first-order valence-corrected chi connectivity index (χ1v) is 5.25. The van der Waals surface area contributed by atoms with Crippen molar-refractivity contribution in [3.63, 3.8) is 0 Å². The van der Waals surface area contributed by atoms with E-state index in [-0.39, 0.29) is 24.7 Å². The summed E-state index contributed by atoms with van der Waals surface area (Å²) in [6.45, 7) is 4.02. The summed E-state index contributed by atoms with van der Waals surface area (Å²) in [5.41, 5.74) is 5.22. The number of carboxylic acids is 1. The zero-order valence-corrected chi connectivity index (χ0v) is 9.80. The SMILES string of the molecule is CC(C)N(CCC(=O)O)c1nc[nH]c(=O)c1N. The van der Waals surface area contributed by atoms with Crippen LogP contribution in [0.15, 0.2) is 11.1 Å². The molecule has 1 aromatic rings. The number of aromatic nitrogens is 2. The van der Waals surface area contributed by atoms with Gasteiger partial charge in [0.05, 0.1) is 12.7 Å². The van der Waals surface area contributed by atoms with E-state index in [4.69, 9.17) is 10.8 Å². The molecule has 0 amide bonds. The molecule has 0 spiro atoms. The van der Waals surface area contributed by atoms with Crippen molar-refractivity contribution in [3.8, 4) is 0 Å². The Hall–Kier alpha value is -2.05. The summed E-state index contributed by atoms with van der Waals surface area (Å²) in [5, 5.41) is 8.67. The van der Waals surface area contributed by atoms with Crippen LogP contribution >= 0.6 is 0 Å². The topological polar surface area (TPSA) is 112 Å². The average molecular weight is 240 g/mol. The molecule has 1 aromatic heterocycles. The summed E-state index contributed by atoms with van der Waals surface area (Å²) in [5.74, 6) is -0.580. The Morgan fingerprint density at radius 2 is 2.29 bits per heavy atom. The van der Waals surface area contributed by atoms with Crippen LogP contribution in [-0.2, 0) is 4.79 Å². The fraction of sp³-hybridized carbons (Fsp3) is 0.500. The number of aliphatic carboxylic acids is 1. The van der Waals surface area contributed by atoms with Crippen LogP contribution in [0.2, 0.25) is 0 Å². The highest BCUT2D eigenvalue weighted by Crippen LogP contribution is 2.18. The predicted molar refractivity (Wildman–Crippen MR) is 64.0 cm³/mol. The van der Waals surface area contributed by atoms with Crippen LogP contribution in [0.1, 0.15) is 20.3 Å². The zero-order valence-electron chi connectivity index (χ0n) is 9.80. The molecule has 94 valence electrons. The van der Waals surface area contributed by atoms with Crippen LogP contribution in [-0.4, -0.2) is 33.6 Å². The summed E-state index contributed by atoms with van der Waals surface area (Å²) in [4.78, 5) is 30.0. The van der Waals surface area contributed by atoms with Crippen LogP contribution in [0.5, 0.6) is 0 Å². The van der Waals surface area contributed by atoms with E-state index in [9.17, 15) is 9.59 Å². The van der Waals surface area contributed by atoms with Gasteiger partial charge in [0.15, 0.2) is 5.82 Å². The monoisotopic (exact) mass is 240 g/mol. The zero-order chi connectivity index (χ0) is 13.0. The maximum atomic E-state index is 11.3. The number of nitrogen functional groups attached to an aromatic ring is 1. The van der Waals surface area contributed by atoms with Gasteiger partial charge in [-0.25, -0.2) is 4.98 Å². The number of nitrogens with zero attached hydrogens (tertiary/aromatic N) is 2. The van der Waals surface area contributed by atoms with Crippen molar-refractivity contribution in [2.45, 2.75) is 26.3 Å². The Bertz CT molecular complexity index is 455. The first kappa shape index (κ1) is 13.0. The minimum atomic E-state index is -0.904. The third-order valence-electron chi connectivity index (χ3n) is 2.33. The fourth-order valence-electron chi connectivity index (χ4n) is 1.45. The van der Waals surface area contributed by atoms with Crippen molar-refractivity contribution >= 4 is 17.5 Å². The number of carbonyl (C=O) groups is 1. The molecule has 0 saturated carbocycles. The summed E-state index contributed by atoms with van der Waals surface area (Å²) in [7, 11) is 0. The van der Waals surface area contributed by atoms with E-state index in [1.54, 1.807) is 4.90 Å². The Kier molecular flexibility index (Phi) is 4.08. The number of nitrogens with two attached hydrogens (primary N) is 1. The molecule has 0 unspecified atom stereocenters. The second kappa shape index (κ2) is 5.33. The Labute approximate surface area is 98.3 Å². The lowest BCUT2D eigenvalue weighted by atomic mass is 10.2. The Balaban J connectivity index is 3.01. The maximum absolute atomic E-state index is 11.3. The lowest BCUT2D eigenvalue weighted by molar-refractivity contribution is -0.136. The van der Waals surface area contributed by atoms with Crippen LogP contribution < -0.4 is 16.2 Å². The minimum Gasteiger partial charge on any atom is -0.481 e. The number of H-pyrrole nitrogens is 1. The molecule has 0 aliphatic carbocycles. The van der Waals surface area contributed by atoms with Crippen LogP contribution in [0.3, 0.4) is 0 Å². The van der Waals surface area contributed by atoms with Gasteiger partial charge in [0, 0.05) is 12.6 Å². The predicted octanol–water partition coefficient (Wildman–Crippen LogP) is 0.0416. The molecule has 0 saturated heterocycles. The largest absolute Gasteiger partial charge is 0.481 e. The van der Waals surface area contributed by atoms with Gasteiger partial charge in [-0.05, 0) is 13.8 Å². The minimum absolute atomic E-state index is 0.00551. The van der Waals surface area contributed by atoms with Crippen molar-refractivity contribution in [2.75, 3.05) is 17.2 Å². The summed E-state index contributed by atoms with van der Waals surface area (Å²) in [6, 6.07) is 0.00551. The summed E-state index contributed by atoms with van der Waals surface area (Å²) in [6.07, 6.45) is 1.22. The first-order chi connectivity index (χ1) is 7.93. The van der Waals surface area contributed by atoms with Crippen molar-refractivity contribution in [2.24, 2.45) is 0 Å². The highest BCUT2D eigenvalue weighted by Gasteiger charge is 2.17. The van der Waals surface area contributed by atoms with E-state index in [1.807, 2.05) is 13.8 Å². The molecule has 7 heteroatoms. The molecule has 7 nitrogen and oxygen atoms in total. The van der Waals surface area contributed by atoms with Crippen LogP contribution in [0.25, 0.3) is 0 Å². The van der Waals surface area contributed by atoms with E-state index in [2.05, 4.69) is 9.97 Å². The van der Waals surface area contributed by atoms with E-state index in [0.29, 0.717) is 5.82 Å². The molecule has 0 radical (unpaired) electrons. The highest BCUT2D eigenvalue weighted by molar-refractivity contribution is 5.68. The van der Waals surface area contributed by atoms with Gasteiger partial charge >= 0.3 is 5.97 Å². The first-order valence-electron chi connectivity index (χ1n) is 5.25. The number of rotatable bonds is 5. The number of hydrogen-bond donors (Lipinski definition) is 3. The number of carboxylic acid groups (broad SMARTS) is 1. The second-order valence-corrected chi connectivity index (χ2v) is 3.90. The molecule has 0 bridgehead atoms. The quantitative estimate of drug-likeness (QED) is 0.670. The molecule has 4 N–H and O–H groups in total. The molecular weight excluding hydrogens is 224 g/mol. The lowest BCUT2D eigenvalue weighted by Crippen LogP contribution is -2.35. The third-order valence-corrected chi connectivity index (χ3v) is 2.33. The summed E-state index contributed by atoms with van der Waals surface area (Å²) >= 11 is 0. The molecule has 1 heterocycles. The molecular formula is C10H16N4O3. The molecule has 0 aliphatic rings. The van der Waals surface area contributed by atoms with Gasteiger partial charge in [0.1, 0.15) is 5.69 Å². The van der Waals surface area contributed by atoms with Gasteiger partial charge in [-0.3, -0.25) is 9.59 Å². The standard InChI is InChI=1S/C10H16N4O3/c1-6(2)14(4-3-7(15)16)9-8(11)10(17)13-5-12-9/h5-6H,3-4,11H2,1-2H3,(H,15,16)(H,12,13,17). The Morgan fingerprint density at radius 1 is 1.65 bits per heavy atom. The van der Waals surface area contributed by atoms with Crippen molar-refractivity contribution in [1.82, 2.24) is 9.97 Å². The molecule has 0 aromatic carbocycles. The van der Waals surface area contributed by atoms with Crippen molar-refractivity contribution < 1.29 is 9.90 Å². The third kappa shape index (κ3) is 3.20. The van der Waals surface area contributed by atoms with Gasteiger partial charge in [0.25, 0.3) is 5.56 Å². The summed E-state index contributed by atoms with van der Waals surface area (Å²) < 4.78 is 0. The highest BCUT2D eigenvalue weighted by atomic mass is 16.4. The molecule has 1 rings (SSSR count). The van der Waals surface area contributed by atoms with Crippen LogP contribution in [0.4, 0.5) is 11.5 Å². The fourth-order valence-corrected chi connectivity index (χ4v) is 1.45. The lowest BCUT2D eigenvalue weighted by Gasteiger charge is -2.27. The molecule has 0 fully saturated rings. The number of aromatic amines is 1. The second-order valence-electron chi connectivity index (χ2n) is 3.90. The van der Waals surface area contributed by atoms with Gasteiger partial charge in [0.2, 0.25) is 0 Å². The van der Waals surface area contributed by atoms with E-state index < -0.39 is 11.5 Å². The van der Waals surface area contributed by atoms with E-state index in [1.165, 1.54) is 6.33 Å². The number of hydrogen-bond acceptors (Lipinski definition) is 5. The average Bonchev–Trinajstić information content (AvgIpc) is 2.23.